The molecule has 0 unspecified atom stereocenters. The summed E-state index contributed by atoms with van der Waals surface area (Å²) in [5.74, 6) is 0.532. The highest BCUT2D eigenvalue weighted by Crippen LogP contribution is 2.42. The van der Waals surface area contributed by atoms with Gasteiger partial charge in [0.25, 0.3) is 0 Å². The van der Waals surface area contributed by atoms with E-state index in [-0.39, 0.29) is 0 Å². The molecule has 6 nitrogen and oxygen atoms in total. The Kier molecular flexibility index (Phi) is 6.15. The molecule has 0 fully saturated rings. The fraction of sp³-hybridized carbons (Fsp3) is 0. The number of rotatable bonds is 4. The molecule has 3 heterocycles. The zero-order valence-corrected chi connectivity index (χ0v) is 25.5. The molecule has 0 bridgehead atoms. The summed E-state index contributed by atoms with van der Waals surface area (Å²) >= 11 is 0. The molecular weight excluding hydrogens is 589 g/mol. The summed E-state index contributed by atoms with van der Waals surface area (Å²) in [5, 5.41) is 23.4. The van der Waals surface area contributed by atoms with Gasteiger partial charge in [-0.2, -0.15) is 10.5 Å². The lowest BCUT2D eigenvalue weighted by atomic mass is 10.1. The number of aromatic nitrogens is 4. The zero-order chi connectivity index (χ0) is 32.2. The standard InChI is InChI=1S/C42H24N6/c43-25-27-14-18-29(19-15-27)35-24-36(30-20-16-28(26-44)17-21-30)46-42(45-35)48-38-13-7-5-11-34(38)40-39(48)23-22-33-32-10-4-6-12-37(32)47(41(33)40)31-8-2-1-3-9-31/h1-24H. The molecule has 0 atom stereocenters. The second-order valence-corrected chi connectivity index (χ2v) is 11.7. The monoisotopic (exact) mass is 612 g/mol. The van der Waals surface area contributed by atoms with Crippen molar-refractivity contribution in [3.05, 3.63) is 157 Å². The first-order chi connectivity index (χ1) is 23.7. The van der Waals surface area contributed by atoms with Crippen LogP contribution >= 0.6 is 0 Å². The topological polar surface area (TPSA) is 83.2 Å². The first-order valence-electron chi connectivity index (χ1n) is 15.6. The SMILES string of the molecule is N#Cc1ccc(-c2cc(-c3ccc(C#N)cc3)nc(-n3c4ccccc4c4c3ccc3c5ccccc5n(-c5ccccc5)c34)n2)cc1. The average molecular weight is 613 g/mol. The Labute approximate surface area is 275 Å². The minimum absolute atomic E-state index is 0.532. The highest BCUT2D eigenvalue weighted by Gasteiger charge is 2.22. The molecule has 0 aliphatic carbocycles. The molecule has 9 rings (SSSR count). The van der Waals surface area contributed by atoms with Crippen LogP contribution in [0.25, 0.3) is 77.8 Å². The molecule has 0 spiro atoms. The van der Waals surface area contributed by atoms with Crippen LogP contribution in [0.1, 0.15) is 11.1 Å². The molecule has 9 aromatic rings. The molecule has 6 heteroatoms. The third-order valence-electron chi connectivity index (χ3n) is 9.02. The lowest BCUT2D eigenvalue weighted by Gasteiger charge is -2.12. The number of hydrogen-bond donors (Lipinski definition) is 0. The van der Waals surface area contributed by atoms with E-state index in [0.717, 1.165) is 61.0 Å². The number of fused-ring (bicyclic) bond motifs is 7. The molecule has 0 N–H and O–H groups in total. The van der Waals surface area contributed by atoms with Gasteiger partial charge in [0, 0.05) is 38.4 Å². The molecule has 3 aromatic heterocycles. The molecule has 222 valence electrons. The first kappa shape index (κ1) is 27.3. The van der Waals surface area contributed by atoms with Crippen LogP contribution in [0, 0.1) is 22.7 Å². The van der Waals surface area contributed by atoms with Crippen LogP contribution in [0.2, 0.25) is 0 Å². The van der Waals surface area contributed by atoms with Crippen LogP contribution in [0.15, 0.2) is 146 Å². The third-order valence-corrected chi connectivity index (χ3v) is 9.02. The smallest absolute Gasteiger partial charge is 0.235 e. The van der Waals surface area contributed by atoms with Crippen molar-refractivity contribution in [3.63, 3.8) is 0 Å². The van der Waals surface area contributed by atoms with Crippen molar-refractivity contribution >= 4 is 43.6 Å². The Balaban J connectivity index is 1.39. The summed E-state index contributed by atoms with van der Waals surface area (Å²) in [6, 6.07) is 53.1. The van der Waals surface area contributed by atoms with Crippen molar-refractivity contribution in [1.29, 1.82) is 10.5 Å². The molecule has 0 aliphatic heterocycles. The van der Waals surface area contributed by atoms with Crippen molar-refractivity contribution in [2.45, 2.75) is 0 Å². The van der Waals surface area contributed by atoms with Gasteiger partial charge < -0.3 is 4.57 Å². The lowest BCUT2D eigenvalue weighted by Crippen LogP contribution is -2.04. The molecule has 6 aromatic carbocycles. The lowest BCUT2D eigenvalue weighted by molar-refractivity contribution is 0.996. The van der Waals surface area contributed by atoms with Crippen LogP contribution in [-0.4, -0.2) is 19.1 Å². The van der Waals surface area contributed by atoms with Gasteiger partial charge in [-0.3, -0.25) is 4.57 Å². The Hall–Kier alpha value is -7.02. The van der Waals surface area contributed by atoms with Gasteiger partial charge in [-0.05, 0) is 60.7 Å². The molecule has 0 saturated carbocycles. The quantitative estimate of drug-likeness (QED) is 0.198. The summed E-state index contributed by atoms with van der Waals surface area (Å²) in [6.45, 7) is 0. The summed E-state index contributed by atoms with van der Waals surface area (Å²) in [7, 11) is 0. The number of benzene rings is 6. The Morgan fingerprint density at radius 3 is 1.60 bits per heavy atom. The maximum Gasteiger partial charge on any atom is 0.235 e. The van der Waals surface area contributed by atoms with Gasteiger partial charge in [0.1, 0.15) is 0 Å². The predicted molar refractivity (Wildman–Crippen MR) is 191 cm³/mol. The number of nitrogens with zero attached hydrogens (tertiary/aromatic N) is 6. The van der Waals surface area contributed by atoms with Gasteiger partial charge >= 0.3 is 0 Å². The van der Waals surface area contributed by atoms with E-state index in [1.54, 1.807) is 24.3 Å². The van der Waals surface area contributed by atoms with E-state index >= 15 is 0 Å². The van der Waals surface area contributed by atoms with E-state index in [1.165, 1.54) is 10.8 Å². The van der Waals surface area contributed by atoms with E-state index in [1.807, 2.05) is 42.5 Å². The fourth-order valence-corrected chi connectivity index (χ4v) is 6.83. The van der Waals surface area contributed by atoms with Crippen molar-refractivity contribution < 1.29 is 0 Å². The second-order valence-electron chi connectivity index (χ2n) is 11.7. The minimum atomic E-state index is 0.532. The second kappa shape index (κ2) is 10.8. The van der Waals surface area contributed by atoms with Crippen molar-refractivity contribution in [3.8, 4) is 46.3 Å². The molecule has 0 aliphatic rings. The summed E-state index contributed by atoms with van der Waals surface area (Å²) < 4.78 is 4.51. The third kappa shape index (κ3) is 4.18. The maximum atomic E-state index is 9.42. The summed E-state index contributed by atoms with van der Waals surface area (Å²) in [4.78, 5) is 10.3. The van der Waals surface area contributed by atoms with Crippen molar-refractivity contribution in [2.24, 2.45) is 0 Å². The average Bonchev–Trinajstić information content (AvgIpc) is 3.68. The molecule has 0 amide bonds. The van der Waals surface area contributed by atoms with Gasteiger partial charge in [0.05, 0.1) is 56.7 Å². The van der Waals surface area contributed by atoms with Gasteiger partial charge in [0.2, 0.25) is 5.95 Å². The minimum Gasteiger partial charge on any atom is -0.309 e. The highest BCUT2D eigenvalue weighted by atomic mass is 15.2. The fourth-order valence-electron chi connectivity index (χ4n) is 6.83. The van der Waals surface area contributed by atoms with Crippen LogP contribution in [-0.2, 0) is 0 Å². The number of para-hydroxylation sites is 3. The van der Waals surface area contributed by atoms with E-state index < -0.39 is 0 Å². The van der Waals surface area contributed by atoms with Crippen LogP contribution < -0.4 is 0 Å². The van der Waals surface area contributed by atoms with Crippen LogP contribution in [0.4, 0.5) is 0 Å². The van der Waals surface area contributed by atoms with Crippen LogP contribution in [0.3, 0.4) is 0 Å². The van der Waals surface area contributed by atoms with Crippen LogP contribution in [0.5, 0.6) is 0 Å². The van der Waals surface area contributed by atoms with E-state index in [0.29, 0.717) is 17.1 Å². The van der Waals surface area contributed by atoms with Gasteiger partial charge in [-0.15, -0.1) is 0 Å². The summed E-state index contributed by atoms with van der Waals surface area (Å²) in [5.41, 5.74) is 9.73. The van der Waals surface area contributed by atoms with E-state index in [9.17, 15) is 10.5 Å². The van der Waals surface area contributed by atoms with Crippen molar-refractivity contribution in [1.82, 2.24) is 19.1 Å². The highest BCUT2D eigenvalue weighted by molar-refractivity contribution is 6.26. The largest absolute Gasteiger partial charge is 0.309 e. The molecule has 48 heavy (non-hydrogen) atoms. The Morgan fingerprint density at radius 1 is 0.458 bits per heavy atom. The normalized spacial score (nSPS) is 11.3. The Bertz CT molecular complexity index is 2700. The number of hydrogen-bond acceptors (Lipinski definition) is 4. The molecular formula is C42H24N6. The van der Waals surface area contributed by atoms with Gasteiger partial charge in [0.15, 0.2) is 0 Å². The number of nitriles is 2. The van der Waals surface area contributed by atoms with Gasteiger partial charge in [-0.1, -0.05) is 84.9 Å². The summed E-state index contributed by atoms with van der Waals surface area (Å²) in [6.07, 6.45) is 0. The first-order valence-corrected chi connectivity index (χ1v) is 15.6. The Morgan fingerprint density at radius 2 is 1.00 bits per heavy atom. The predicted octanol–water partition coefficient (Wildman–Crippen LogP) is 9.75. The van der Waals surface area contributed by atoms with Gasteiger partial charge in [-0.25, -0.2) is 9.97 Å². The van der Waals surface area contributed by atoms with E-state index in [4.69, 9.17) is 9.97 Å². The molecule has 0 radical (unpaired) electrons. The molecule has 0 saturated heterocycles. The zero-order valence-electron chi connectivity index (χ0n) is 25.5. The van der Waals surface area contributed by atoms with E-state index in [2.05, 4.69) is 100 Å². The maximum absolute atomic E-state index is 9.42. The van der Waals surface area contributed by atoms with Crippen molar-refractivity contribution in [2.75, 3.05) is 0 Å².